The third-order valence-corrected chi connectivity index (χ3v) is 2.97. The molecule has 1 unspecified atom stereocenters. The van der Waals surface area contributed by atoms with Crippen LogP contribution in [0, 0.1) is 11.3 Å². The molecular formula is C14H26O2. The van der Waals surface area contributed by atoms with Gasteiger partial charge in [0.25, 0.3) is 0 Å². The summed E-state index contributed by atoms with van der Waals surface area (Å²) in [6.45, 7) is 12.7. The van der Waals surface area contributed by atoms with Crippen molar-refractivity contribution in [3.05, 3.63) is 12.7 Å². The lowest BCUT2D eigenvalue weighted by atomic mass is 9.78. The van der Waals surface area contributed by atoms with Crippen LogP contribution in [-0.4, -0.2) is 12.6 Å². The number of esters is 1. The Bertz CT molecular complexity index is 213. The molecule has 0 amide bonds. The van der Waals surface area contributed by atoms with Crippen molar-refractivity contribution in [3.63, 3.8) is 0 Å². The van der Waals surface area contributed by atoms with E-state index in [1.807, 2.05) is 0 Å². The normalized spacial score (nSPS) is 13.2. The molecule has 2 nitrogen and oxygen atoms in total. The van der Waals surface area contributed by atoms with Crippen LogP contribution in [0.5, 0.6) is 0 Å². The minimum atomic E-state index is -0.315. The van der Waals surface area contributed by atoms with Crippen LogP contribution in [0.4, 0.5) is 0 Å². The number of hydrogen-bond acceptors (Lipinski definition) is 2. The Labute approximate surface area is 100 Å². The minimum Gasteiger partial charge on any atom is -0.462 e. The molecule has 16 heavy (non-hydrogen) atoms. The molecule has 0 fully saturated rings. The zero-order chi connectivity index (χ0) is 12.6. The molecule has 94 valence electrons. The summed E-state index contributed by atoms with van der Waals surface area (Å²) in [5, 5.41) is 0. The summed E-state index contributed by atoms with van der Waals surface area (Å²) in [4.78, 5) is 11.0. The highest BCUT2D eigenvalue weighted by atomic mass is 16.5. The van der Waals surface area contributed by atoms with Gasteiger partial charge in [-0.25, -0.2) is 4.79 Å². The highest BCUT2D eigenvalue weighted by Crippen LogP contribution is 2.30. The molecule has 0 aliphatic heterocycles. The van der Waals surface area contributed by atoms with Gasteiger partial charge in [0.2, 0.25) is 0 Å². The average Bonchev–Trinajstić information content (AvgIpc) is 2.20. The second-order valence-electron chi connectivity index (χ2n) is 5.39. The van der Waals surface area contributed by atoms with Crippen molar-refractivity contribution in [1.29, 1.82) is 0 Å². The van der Waals surface area contributed by atoms with Gasteiger partial charge in [0.15, 0.2) is 0 Å². The Kier molecular flexibility index (Phi) is 7.11. The van der Waals surface area contributed by atoms with E-state index in [4.69, 9.17) is 4.74 Å². The molecule has 0 bridgehead atoms. The fourth-order valence-electron chi connectivity index (χ4n) is 1.65. The Morgan fingerprint density at radius 2 is 2.00 bits per heavy atom. The highest BCUT2D eigenvalue weighted by Gasteiger charge is 2.25. The zero-order valence-corrected chi connectivity index (χ0v) is 11.2. The monoisotopic (exact) mass is 226 g/mol. The van der Waals surface area contributed by atoms with E-state index in [0.29, 0.717) is 12.5 Å². The van der Waals surface area contributed by atoms with Crippen molar-refractivity contribution in [3.8, 4) is 0 Å². The van der Waals surface area contributed by atoms with Gasteiger partial charge in [0.05, 0.1) is 6.61 Å². The number of carbonyl (C=O) groups is 1. The van der Waals surface area contributed by atoms with Gasteiger partial charge in [-0.2, -0.15) is 0 Å². The van der Waals surface area contributed by atoms with Crippen molar-refractivity contribution < 1.29 is 9.53 Å². The van der Waals surface area contributed by atoms with E-state index in [0.717, 1.165) is 6.42 Å². The van der Waals surface area contributed by atoms with Gasteiger partial charge in [-0.1, -0.05) is 53.5 Å². The molecule has 2 heteroatoms. The number of unbranched alkanes of at least 4 members (excludes halogenated alkanes) is 2. The van der Waals surface area contributed by atoms with E-state index >= 15 is 0 Å². The van der Waals surface area contributed by atoms with Crippen molar-refractivity contribution in [2.75, 3.05) is 6.61 Å². The second-order valence-corrected chi connectivity index (χ2v) is 5.39. The molecule has 0 aromatic heterocycles. The molecule has 0 N–H and O–H groups in total. The van der Waals surface area contributed by atoms with Crippen LogP contribution >= 0.6 is 0 Å². The molecule has 0 aromatic carbocycles. The van der Waals surface area contributed by atoms with Crippen LogP contribution in [0.1, 0.15) is 53.4 Å². The first-order chi connectivity index (χ1) is 7.41. The molecular weight excluding hydrogens is 200 g/mol. The maximum absolute atomic E-state index is 11.0. The summed E-state index contributed by atoms with van der Waals surface area (Å²) in [6, 6.07) is 0. The molecule has 0 aliphatic rings. The van der Waals surface area contributed by atoms with Gasteiger partial charge in [-0.15, -0.1) is 0 Å². The van der Waals surface area contributed by atoms with Gasteiger partial charge in [-0.05, 0) is 17.8 Å². The molecule has 0 heterocycles. The second kappa shape index (κ2) is 7.48. The van der Waals surface area contributed by atoms with Crippen LogP contribution in [0.3, 0.4) is 0 Å². The topological polar surface area (TPSA) is 26.3 Å². The Balaban J connectivity index is 4.11. The summed E-state index contributed by atoms with van der Waals surface area (Å²) in [7, 11) is 0. The van der Waals surface area contributed by atoms with E-state index < -0.39 is 0 Å². The van der Waals surface area contributed by atoms with E-state index in [1.165, 1.54) is 25.3 Å². The van der Waals surface area contributed by atoms with Crippen molar-refractivity contribution in [2.24, 2.45) is 11.3 Å². The van der Waals surface area contributed by atoms with E-state index in [9.17, 15) is 4.79 Å². The molecule has 0 radical (unpaired) electrons. The summed E-state index contributed by atoms with van der Waals surface area (Å²) in [5.41, 5.74) is 0.190. The lowest BCUT2D eigenvalue weighted by Gasteiger charge is -2.30. The average molecular weight is 226 g/mol. The molecule has 0 rings (SSSR count). The predicted molar refractivity (Wildman–Crippen MR) is 68.2 cm³/mol. The van der Waals surface area contributed by atoms with Crippen molar-refractivity contribution in [1.82, 2.24) is 0 Å². The van der Waals surface area contributed by atoms with Crippen LogP contribution in [0.25, 0.3) is 0 Å². The standard InChI is InChI=1S/C14H26O2/c1-6-8-9-10-12(14(3,4)5)11-16-13(15)7-2/h7,12H,2,6,8-11H2,1,3-5H3. The summed E-state index contributed by atoms with van der Waals surface area (Å²) in [5.74, 6) is 0.118. The van der Waals surface area contributed by atoms with Gasteiger partial charge < -0.3 is 4.74 Å². The quantitative estimate of drug-likeness (QED) is 0.373. The van der Waals surface area contributed by atoms with Crippen LogP contribution in [-0.2, 0) is 9.53 Å². The van der Waals surface area contributed by atoms with Crippen LogP contribution < -0.4 is 0 Å². The number of hydrogen-bond donors (Lipinski definition) is 0. The van der Waals surface area contributed by atoms with E-state index in [2.05, 4.69) is 34.3 Å². The maximum Gasteiger partial charge on any atom is 0.330 e. The van der Waals surface area contributed by atoms with Gasteiger partial charge in [0.1, 0.15) is 0 Å². The lowest BCUT2D eigenvalue weighted by Crippen LogP contribution is -2.26. The number of ether oxygens (including phenoxy) is 1. The Morgan fingerprint density at radius 3 is 2.44 bits per heavy atom. The highest BCUT2D eigenvalue weighted by molar-refractivity contribution is 5.81. The van der Waals surface area contributed by atoms with Gasteiger partial charge in [0, 0.05) is 6.08 Å². The first-order valence-electron chi connectivity index (χ1n) is 6.21. The lowest BCUT2D eigenvalue weighted by molar-refractivity contribution is -0.140. The SMILES string of the molecule is C=CC(=O)OCC(CCCCC)C(C)(C)C. The molecule has 0 saturated carbocycles. The molecule has 0 spiro atoms. The Morgan fingerprint density at radius 1 is 1.38 bits per heavy atom. The smallest absolute Gasteiger partial charge is 0.330 e. The largest absolute Gasteiger partial charge is 0.462 e. The third-order valence-electron chi connectivity index (χ3n) is 2.97. The number of rotatable bonds is 7. The minimum absolute atomic E-state index is 0.190. The van der Waals surface area contributed by atoms with Crippen LogP contribution in [0.2, 0.25) is 0 Å². The van der Waals surface area contributed by atoms with Gasteiger partial charge >= 0.3 is 5.97 Å². The molecule has 0 aromatic rings. The van der Waals surface area contributed by atoms with E-state index in [-0.39, 0.29) is 11.4 Å². The fourth-order valence-corrected chi connectivity index (χ4v) is 1.65. The Hall–Kier alpha value is -0.790. The van der Waals surface area contributed by atoms with Crippen LogP contribution in [0.15, 0.2) is 12.7 Å². The first kappa shape index (κ1) is 15.2. The maximum atomic E-state index is 11.0. The molecule has 0 aliphatic carbocycles. The summed E-state index contributed by atoms with van der Waals surface area (Å²) in [6.07, 6.45) is 6.04. The van der Waals surface area contributed by atoms with Crippen molar-refractivity contribution >= 4 is 5.97 Å². The predicted octanol–water partition coefficient (Wildman–Crippen LogP) is 3.96. The molecule has 1 atom stereocenters. The summed E-state index contributed by atoms with van der Waals surface area (Å²) >= 11 is 0. The summed E-state index contributed by atoms with van der Waals surface area (Å²) < 4.78 is 5.15. The zero-order valence-electron chi connectivity index (χ0n) is 11.2. The number of carbonyl (C=O) groups excluding carboxylic acids is 1. The third kappa shape index (κ3) is 6.65. The van der Waals surface area contributed by atoms with Gasteiger partial charge in [-0.3, -0.25) is 0 Å². The fraction of sp³-hybridized carbons (Fsp3) is 0.786. The first-order valence-corrected chi connectivity index (χ1v) is 6.21. The molecule has 0 saturated heterocycles. The van der Waals surface area contributed by atoms with E-state index in [1.54, 1.807) is 0 Å². The van der Waals surface area contributed by atoms with Crippen molar-refractivity contribution in [2.45, 2.75) is 53.4 Å².